The van der Waals surface area contributed by atoms with Crippen molar-refractivity contribution in [2.45, 2.75) is 4.90 Å². The van der Waals surface area contributed by atoms with Crippen LogP contribution in [0, 0.1) is 5.82 Å². The maximum Gasteiger partial charge on any atom is 0.275 e. The molecule has 0 fully saturated rings. The molecule has 0 spiro atoms. The Hall–Kier alpha value is -2.78. The number of aromatic nitrogens is 1. The number of benzene rings is 2. The Morgan fingerprint density at radius 1 is 1.22 bits per heavy atom. The zero-order valence-electron chi connectivity index (χ0n) is 14.4. The number of carbonyl (C=O) groups is 1. The zero-order chi connectivity index (χ0) is 19.6. The Labute approximate surface area is 159 Å². The van der Waals surface area contributed by atoms with Crippen molar-refractivity contribution in [3.63, 3.8) is 0 Å². The molecule has 6 nitrogen and oxygen atoms in total. The smallest absolute Gasteiger partial charge is 0.275 e. The predicted molar refractivity (Wildman–Crippen MR) is 102 cm³/mol. The molecule has 2 aromatic carbocycles. The summed E-state index contributed by atoms with van der Waals surface area (Å²) in [6.45, 7) is 0. The number of halogens is 1. The highest BCUT2D eigenvalue weighted by Gasteiger charge is 2.17. The Kier molecular flexibility index (Phi) is 5.24. The largest absolute Gasteiger partial charge is 0.496 e. The zero-order valence-corrected chi connectivity index (χ0v) is 16.0. The molecule has 1 heterocycles. The number of hydrogen-bond acceptors (Lipinski definition) is 6. The summed E-state index contributed by atoms with van der Waals surface area (Å²) in [5, 5.41) is 4.48. The van der Waals surface area contributed by atoms with Crippen molar-refractivity contribution in [2.24, 2.45) is 0 Å². The molecule has 0 radical (unpaired) electrons. The van der Waals surface area contributed by atoms with Gasteiger partial charge in [0.15, 0.2) is 9.84 Å². The minimum Gasteiger partial charge on any atom is -0.496 e. The van der Waals surface area contributed by atoms with Gasteiger partial charge in [-0.25, -0.2) is 17.8 Å². The van der Waals surface area contributed by atoms with Crippen LogP contribution >= 0.6 is 11.3 Å². The van der Waals surface area contributed by atoms with Crippen LogP contribution in [-0.4, -0.2) is 32.7 Å². The lowest BCUT2D eigenvalue weighted by atomic mass is 10.2. The molecule has 0 aliphatic carbocycles. The van der Waals surface area contributed by atoms with Crippen LogP contribution in [0.3, 0.4) is 0 Å². The summed E-state index contributed by atoms with van der Waals surface area (Å²) in [5.74, 6) is -0.765. The topological polar surface area (TPSA) is 85.4 Å². The maximum atomic E-state index is 14.0. The number of amides is 1. The molecule has 27 heavy (non-hydrogen) atoms. The first-order valence-corrected chi connectivity index (χ1v) is 10.5. The fraction of sp³-hybridized carbons (Fsp3) is 0.111. The van der Waals surface area contributed by atoms with Gasteiger partial charge >= 0.3 is 0 Å². The van der Waals surface area contributed by atoms with Crippen LogP contribution in [0.1, 0.15) is 10.5 Å². The molecule has 0 saturated carbocycles. The number of anilines is 1. The van der Waals surface area contributed by atoms with Gasteiger partial charge in [0, 0.05) is 11.6 Å². The van der Waals surface area contributed by atoms with Gasteiger partial charge in [-0.2, -0.15) is 0 Å². The minimum atomic E-state index is -3.53. The molecule has 0 unspecified atom stereocenters. The third kappa shape index (κ3) is 4.15. The molecule has 1 amide bonds. The second-order valence-corrected chi connectivity index (χ2v) is 8.48. The van der Waals surface area contributed by atoms with Gasteiger partial charge in [-0.1, -0.05) is 12.1 Å². The van der Waals surface area contributed by atoms with E-state index < -0.39 is 21.6 Å². The van der Waals surface area contributed by atoms with Gasteiger partial charge in [-0.05, 0) is 30.3 Å². The lowest BCUT2D eigenvalue weighted by Gasteiger charge is -2.07. The van der Waals surface area contributed by atoms with E-state index in [4.69, 9.17) is 4.74 Å². The highest BCUT2D eigenvalue weighted by Crippen LogP contribution is 2.32. The van der Waals surface area contributed by atoms with Gasteiger partial charge in [0.1, 0.15) is 22.3 Å². The number of carbonyl (C=O) groups excluding carboxylic acids is 1. The average Bonchev–Trinajstić information content (AvgIpc) is 3.12. The number of nitrogens with zero attached hydrogens (tertiary/aromatic N) is 1. The summed E-state index contributed by atoms with van der Waals surface area (Å²) in [4.78, 5) is 16.6. The van der Waals surface area contributed by atoms with Crippen molar-refractivity contribution >= 4 is 32.8 Å². The van der Waals surface area contributed by atoms with E-state index in [1.807, 2.05) is 18.2 Å². The molecule has 0 atom stereocenters. The van der Waals surface area contributed by atoms with Crippen LogP contribution in [0.2, 0.25) is 0 Å². The number of ether oxygens (including phenoxy) is 1. The molecule has 0 saturated heterocycles. The van der Waals surface area contributed by atoms with Gasteiger partial charge in [-0.15, -0.1) is 11.3 Å². The first kappa shape index (κ1) is 19.0. The quantitative estimate of drug-likeness (QED) is 0.654. The van der Waals surface area contributed by atoms with Crippen LogP contribution in [0.5, 0.6) is 5.75 Å². The Morgan fingerprint density at radius 2 is 1.96 bits per heavy atom. The van der Waals surface area contributed by atoms with Gasteiger partial charge in [0.25, 0.3) is 5.91 Å². The van der Waals surface area contributed by atoms with Gasteiger partial charge in [0.2, 0.25) is 0 Å². The summed E-state index contributed by atoms with van der Waals surface area (Å²) in [6, 6.07) is 10.5. The number of hydrogen-bond donors (Lipinski definition) is 1. The standard InChI is InChI=1S/C18H15FN2O4S2/c1-25-16-6-4-3-5-12(16)18-21-15(10-26-18)17(22)20-14-9-11(27(2,23)24)7-8-13(14)19/h3-10H,1-2H3,(H,20,22). The van der Waals surface area contributed by atoms with Gasteiger partial charge in [-0.3, -0.25) is 4.79 Å². The van der Waals surface area contributed by atoms with Crippen LogP contribution in [-0.2, 0) is 9.84 Å². The average molecular weight is 406 g/mol. The second kappa shape index (κ2) is 7.45. The van der Waals surface area contributed by atoms with E-state index in [1.165, 1.54) is 23.8 Å². The lowest BCUT2D eigenvalue weighted by Crippen LogP contribution is -2.14. The summed E-state index contributed by atoms with van der Waals surface area (Å²) in [5.41, 5.74) is 0.592. The molecule has 3 aromatic rings. The summed E-state index contributed by atoms with van der Waals surface area (Å²) < 4.78 is 42.5. The van der Waals surface area contributed by atoms with E-state index >= 15 is 0 Å². The Morgan fingerprint density at radius 3 is 2.67 bits per heavy atom. The van der Waals surface area contributed by atoms with E-state index in [9.17, 15) is 17.6 Å². The Balaban J connectivity index is 1.87. The number of para-hydroxylation sites is 1. The van der Waals surface area contributed by atoms with Crippen LogP contribution in [0.25, 0.3) is 10.6 Å². The summed E-state index contributed by atoms with van der Waals surface area (Å²) >= 11 is 1.24. The van der Waals surface area contributed by atoms with Crippen molar-refractivity contribution in [2.75, 3.05) is 18.7 Å². The number of methoxy groups -OCH3 is 1. The third-order valence-electron chi connectivity index (χ3n) is 3.69. The second-order valence-electron chi connectivity index (χ2n) is 5.61. The fourth-order valence-corrected chi connectivity index (χ4v) is 3.82. The fourth-order valence-electron chi connectivity index (χ4n) is 2.34. The highest BCUT2D eigenvalue weighted by molar-refractivity contribution is 7.90. The number of rotatable bonds is 5. The molecule has 9 heteroatoms. The van der Waals surface area contributed by atoms with Crippen LogP contribution in [0.4, 0.5) is 10.1 Å². The molecule has 3 rings (SSSR count). The highest BCUT2D eigenvalue weighted by atomic mass is 32.2. The van der Waals surface area contributed by atoms with Gasteiger partial charge in [0.05, 0.1) is 23.3 Å². The first-order valence-electron chi connectivity index (χ1n) is 7.69. The third-order valence-corrected chi connectivity index (χ3v) is 5.67. The number of nitrogens with one attached hydrogen (secondary N) is 1. The molecular formula is C18H15FN2O4S2. The normalized spacial score (nSPS) is 11.2. The van der Waals surface area contributed by atoms with Gasteiger partial charge < -0.3 is 10.1 Å². The van der Waals surface area contributed by atoms with Crippen LogP contribution < -0.4 is 10.1 Å². The van der Waals surface area contributed by atoms with Crippen molar-refractivity contribution in [3.05, 3.63) is 59.4 Å². The lowest BCUT2D eigenvalue weighted by molar-refractivity contribution is 0.102. The van der Waals surface area contributed by atoms with Crippen molar-refractivity contribution < 1.29 is 22.3 Å². The SMILES string of the molecule is COc1ccccc1-c1nc(C(=O)Nc2cc(S(C)(=O)=O)ccc2F)cs1. The van der Waals surface area contributed by atoms with E-state index in [2.05, 4.69) is 10.3 Å². The Bertz CT molecular complexity index is 1110. The minimum absolute atomic E-state index is 0.0880. The molecule has 0 aliphatic rings. The molecule has 0 aliphatic heterocycles. The monoisotopic (exact) mass is 406 g/mol. The molecule has 1 N–H and O–H groups in total. The number of sulfone groups is 1. The van der Waals surface area contributed by atoms with E-state index in [1.54, 1.807) is 6.07 Å². The molecular weight excluding hydrogens is 391 g/mol. The van der Waals surface area contributed by atoms with Crippen LogP contribution in [0.15, 0.2) is 52.7 Å². The van der Waals surface area contributed by atoms with Crippen molar-refractivity contribution in [3.8, 4) is 16.3 Å². The van der Waals surface area contributed by atoms with E-state index in [-0.39, 0.29) is 16.3 Å². The predicted octanol–water partition coefficient (Wildman–Crippen LogP) is 3.61. The summed E-state index contributed by atoms with van der Waals surface area (Å²) in [7, 11) is -1.99. The van der Waals surface area contributed by atoms with E-state index in [0.29, 0.717) is 10.8 Å². The molecule has 140 valence electrons. The maximum absolute atomic E-state index is 14.0. The molecule has 0 bridgehead atoms. The number of thiazole rings is 1. The van der Waals surface area contributed by atoms with Crippen molar-refractivity contribution in [1.82, 2.24) is 4.98 Å². The van der Waals surface area contributed by atoms with Crippen molar-refractivity contribution in [1.29, 1.82) is 0 Å². The molecule has 1 aromatic heterocycles. The first-order chi connectivity index (χ1) is 12.8. The van der Waals surface area contributed by atoms with E-state index in [0.717, 1.165) is 30.0 Å². The summed E-state index contributed by atoms with van der Waals surface area (Å²) in [6.07, 6.45) is 1.01.